The standard InChI is InChI=1S/C59H96O25/c1-24-34(63)39(68)42(71)48(76-24)81-45-38(67)30(22-61)79-52(47(45)83-50-44(73)41(70)37(66)29(21-60)78-50)84-53(74)59-18-16-54(3,4)20-27(59)26-10-11-32-56(7)14-13-33(55(5,6)31(56)12-15-58(32,9)57(26,8)17-19-59)80-51-46(36(65)28(62)23-75-51)82-49-43(72)40(69)35(64)25(2)77-49/h10,24-25,27-52,60-73H,11-23H2,1-9H3/t24-,25-,27+,28-,29+,30+,31-,32+,33-,34-,35-,36-,37+,38+,39+,40+,41-,42+,43+,44+,45-,46+,47+,48-,49-,50+,51-,52+,56-,57+,58+,59-/m0/s1. The molecule has 0 spiro atoms. The first-order valence-corrected chi connectivity index (χ1v) is 30.5. The van der Waals surface area contributed by atoms with Gasteiger partial charge in [-0.1, -0.05) is 60.1 Å². The third-order valence-electron chi connectivity index (χ3n) is 23.1. The highest BCUT2D eigenvalue weighted by atomic mass is 16.8. The van der Waals surface area contributed by atoms with E-state index in [0.29, 0.717) is 38.5 Å². The lowest BCUT2D eigenvalue weighted by Crippen LogP contribution is -2.68. The summed E-state index contributed by atoms with van der Waals surface area (Å²) in [6.07, 6.45) is -29.7. The van der Waals surface area contributed by atoms with E-state index < -0.39 is 189 Å². The van der Waals surface area contributed by atoms with Crippen LogP contribution in [0.5, 0.6) is 0 Å². The number of carbonyl (C=O) groups excluding carboxylic acids is 1. The molecule has 0 amide bonds. The Bertz CT molecular complexity index is 2340. The summed E-state index contributed by atoms with van der Waals surface area (Å²) in [5.41, 5.74) is -1.49. The summed E-state index contributed by atoms with van der Waals surface area (Å²) >= 11 is 0. The monoisotopic (exact) mass is 1200 g/mol. The maximum Gasteiger partial charge on any atom is 0.315 e. The van der Waals surface area contributed by atoms with Crippen LogP contribution in [-0.2, 0) is 52.2 Å². The second kappa shape index (κ2) is 23.8. The van der Waals surface area contributed by atoms with Crippen LogP contribution in [0.1, 0.15) is 127 Å². The maximum absolute atomic E-state index is 15.8. The van der Waals surface area contributed by atoms with E-state index in [1.54, 1.807) is 0 Å². The first-order valence-electron chi connectivity index (χ1n) is 30.5. The normalized spacial score (nSPS) is 54.6. The SMILES string of the molecule is C[C@@H]1O[C@@H](O[C@H]2[C@H](O[C@H]3CC[C@]4(C)[C@H]5CC=C6[C@H]7CC(C)(C)CC[C@]7(C(=O)O[C@H]7O[C@H](CO)[C@@H](O)[C@H](O[C@@H]8O[C@@H](C)[C@H](O)[C@@H](O)[C@H]8O)[C@H]7O[C@H]7O[C@H](CO)[C@@H](O)[C@H](O)[C@H]7O)CC[C@@]6(C)[C@]5(C)CC[C@H]4C3(C)C)OC[C@H](O)[C@@H]2O)[C@H](O)[C@H](O)[C@H]1O. The molecule has 0 aromatic heterocycles. The van der Waals surface area contributed by atoms with Crippen molar-refractivity contribution < 1.29 is 124 Å². The quantitative estimate of drug-likeness (QED) is 0.0600. The van der Waals surface area contributed by atoms with Crippen LogP contribution >= 0.6 is 0 Å². The van der Waals surface area contributed by atoms with Crippen molar-refractivity contribution in [3.63, 3.8) is 0 Å². The molecule has 0 radical (unpaired) electrons. The highest BCUT2D eigenvalue weighted by molar-refractivity contribution is 5.79. The fourth-order valence-electron chi connectivity index (χ4n) is 17.6. The maximum atomic E-state index is 15.8. The van der Waals surface area contributed by atoms with Gasteiger partial charge in [-0.15, -0.1) is 0 Å². The lowest BCUT2D eigenvalue weighted by atomic mass is 9.33. The van der Waals surface area contributed by atoms with Crippen LogP contribution in [0.15, 0.2) is 11.6 Å². The Morgan fingerprint density at radius 2 is 1.07 bits per heavy atom. The summed E-state index contributed by atoms with van der Waals surface area (Å²) in [5.74, 6) is -0.649. The van der Waals surface area contributed by atoms with Gasteiger partial charge in [0, 0.05) is 0 Å². The van der Waals surface area contributed by atoms with E-state index in [9.17, 15) is 71.5 Å². The molecule has 25 nitrogen and oxygen atoms in total. The molecule has 5 aliphatic carbocycles. The molecular weight excluding hydrogens is 1110 g/mol. The van der Waals surface area contributed by atoms with Gasteiger partial charge < -0.3 is 119 Å². The minimum absolute atomic E-state index is 0.141. The second-order valence-corrected chi connectivity index (χ2v) is 28.6. The summed E-state index contributed by atoms with van der Waals surface area (Å²) < 4.78 is 61.4. The van der Waals surface area contributed by atoms with Gasteiger partial charge in [0.1, 0.15) is 97.7 Å². The van der Waals surface area contributed by atoms with E-state index in [1.807, 2.05) is 0 Å². The number of aliphatic hydroxyl groups is 14. The Morgan fingerprint density at radius 1 is 0.536 bits per heavy atom. The van der Waals surface area contributed by atoms with Crippen molar-refractivity contribution in [1.82, 2.24) is 0 Å². The molecule has 482 valence electrons. The molecule has 4 saturated carbocycles. The van der Waals surface area contributed by atoms with E-state index in [1.165, 1.54) is 19.4 Å². The third-order valence-corrected chi connectivity index (χ3v) is 23.1. The molecule has 9 fully saturated rings. The Balaban J connectivity index is 0.921. The highest BCUT2D eigenvalue weighted by Crippen LogP contribution is 2.76. The number of allylic oxidation sites excluding steroid dienone is 2. The zero-order valence-electron chi connectivity index (χ0n) is 49.7. The van der Waals surface area contributed by atoms with E-state index >= 15 is 4.79 Å². The molecule has 0 aromatic carbocycles. The fourth-order valence-corrected chi connectivity index (χ4v) is 17.6. The number of ether oxygens (including phenoxy) is 10. The highest BCUT2D eigenvalue weighted by Gasteiger charge is 2.70. The third kappa shape index (κ3) is 10.8. The van der Waals surface area contributed by atoms with Gasteiger partial charge in [0.2, 0.25) is 6.29 Å². The van der Waals surface area contributed by atoms with Crippen molar-refractivity contribution in [1.29, 1.82) is 0 Å². The molecule has 0 unspecified atom stereocenters. The van der Waals surface area contributed by atoms with Crippen LogP contribution in [0.3, 0.4) is 0 Å². The van der Waals surface area contributed by atoms with Crippen molar-refractivity contribution >= 4 is 5.97 Å². The van der Waals surface area contributed by atoms with Crippen molar-refractivity contribution in [2.45, 2.75) is 280 Å². The lowest BCUT2D eigenvalue weighted by Gasteiger charge is -2.71. The average Bonchev–Trinajstić information content (AvgIpc) is 0.689. The molecular formula is C59H96O25. The van der Waals surface area contributed by atoms with Gasteiger partial charge in [0.25, 0.3) is 0 Å². The molecule has 5 aliphatic heterocycles. The Labute approximate surface area is 490 Å². The zero-order valence-corrected chi connectivity index (χ0v) is 49.7. The van der Waals surface area contributed by atoms with Crippen molar-refractivity contribution in [3.05, 3.63) is 11.6 Å². The molecule has 5 saturated heterocycles. The Hall–Kier alpha value is -1.71. The van der Waals surface area contributed by atoms with Gasteiger partial charge in [0.15, 0.2) is 31.3 Å². The molecule has 14 N–H and O–H groups in total. The summed E-state index contributed by atoms with van der Waals surface area (Å²) in [5, 5.41) is 151. The number of hydrogen-bond donors (Lipinski definition) is 14. The Morgan fingerprint density at radius 3 is 1.68 bits per heavy atom. The van der Waals surface area contributed by atoms with Crippen molar-refractivity contribution in [2.24, 2.45) is 50.2 Å². The molecule has 10 rings (SSSR count). The van der Waals surface area contributed by atoms with Crippen molar-refractivity contribution in [2.75, 3.05) is 19.8 Å². The summed E-state index contributed by atoms with van der Waals surface area (Å²) in [6.45, 7) is 17.0. The van der Waals surface area contributed by atoms with Gasteiger partial charge in [-0.3, -0.25) is 4.79 Å². The zero-order chi connectivity index (χ0) is 61.3. The van der Waals surface area contributed by atoms with E-state index in [2.05, 4.69) is 54.5 Å². The van der Waals surface area contributed by atoms with Gasteiger partial charge in [0.05, 0.1) is 43.5 Å². The van der Waals surface area contributed by atoms with E-state index in [0.717, 1.165) is 25.7 Å². The first kappa shape index (κ1) is 65.2. The molecule has 0 bridgehead atoms. The van der Waals surface area contributed by atoms with Crippen LogP contribution in [0.25, 0.3) is 0 Å². The van der Waals surface area contributed by atoms with Gasteiger partial charge in [-0.05, 0) is 123 Å². The molecule has 25 heteroatoms. The second-order valence-electron chi connectivity index (χ2n) is 28.6. The summed E-state index contributed by atoms with van der Waals surface area (Å²) in [6, 6.07) is 0. The molecule has 84 heavy (non-hydrogen) atoms. The van der Waals surface area contributed by atoms with E-state index in [-0.39, 0.29) is 40.6 Å². The number of rotatable bonds is 12. The topological polar surface area (TPSA) is 393 Å². The van der Waals surface area contributed by atoms with E-state index in [4.69, 9.17) is 47.4 Å². The first-order chi connectivity index (χ1) is 39.3. The molecule has 5 heterocycles. The van der Waals surface area contributed by atoms with Gasteiger partial charge in [-0.25, -0.2) is 0 Å². The predicted molar refractivity (Wildman–Crippen MR) is 287 cm³/mol. The van der Waals surface area contributed by atoms with Gasteiger partial charge >= 0.3 is 5.97 Å². The largest absolute Gasteiger partial charge is 0.432 e. The fraction of sp³-hybridized carbons (Fsp3) is 0.949. The predicted octanol–water partition coefficient (Wildman–Crippen LogP) is -1.52. The van der Waals surface area contributed by atoms with Crippen LogP contribution in [0.4, 0.5) is 0 Å². The summed E-state index contributed by atoms with van der Waals surface area (Å²) in [4.78, 5) is 15.8. The minimum atomic E-state index is -1.98. The minimum Gasteiger partial charge on any atom is -0.432 e. The van der Waals surface area contributed by atoms with Gasteiger partial charge in [-0.2, -0.15) is 0 Å². The van der Waals surface area contributed by atoms with Crippen LogP contribution in [0.2, 0.25) is 0 Å². The smallest absolute Gasteiger partial charge is 0.315 e. The van der Waals surface area contributed by atoms with Crippen LogP contribution < -0.4 is 0 Å². The van der Waals surface area contributed by atoms with Crippen LogP contribution in [0, 0.1) is 50.2 Å². The molecule has 10 aliphatic rings. The molecule has 0 aromatic rings. The Kier molecular flexibility index (Phi) is 18.5. The van der Waals surface area contributed by atoms with Crippen LogP contribution in [-0.4, -0.2) is 251 Å². The number of esters is 1. The number of fused-ring (bicyclic) bond motifs is 7. The average molecular weight is 1210 g/mol. The number of hydrogen-bond acceptors (Lipinski definition) is 25. The lowest BCUT2D eigenvalue weighted by molar-refractivity contribution is -0.387. The summed E-state index contributed by atoms with van der Waals surface area (Å²) in [7, 11) is 0. The van der Waals surface area contributed by atoms with Crippen molar-refractivity contribution in [3.8, 4) is 0 Å². The molecule has 32 atom stereocenters. The number of aliphatic hydroxyl groups excluding tert-OH is 14. The number of carbonyl (C=O) groups is 1.